The second kappa shape index (κ2) is 6.83. The Labute approximate surface area is 89.5 Å². The van der Waals surface area contributed by atoms with Crippen LogP contribution < -0.4 is 5.32 Å². The molecule has 80 valence electrons. The number of ether oxygens (including phenoxy) is 1. The molecule has 0 aromatic rings. The van der Waals surface area contributed by atoms with Gasteiger partial charge in [0, 0.05) is 32.4 Å². The van der Waals surface area contributed by atoms with E-state index in [1.807, 2.05) is 0 Å². The van der Waals surface area contributed by atoms with Crippen LogP contribution in [0.25, 0.3) is 0 Å². The van der Waals surface area contributed by atoms with Crippen molar-refractivity contribution in [2.75, 3.05) is 39.4 Å². The number of hydrogen-bond acceptors (Lipinski definition) is 5. The largest absolute Gasteiger partial charge is 0.388 e. The molecule has 1 heterocycles. The van der Waals surface area contributed by atoms with Crippen molar-refractivity contribution in [3.63, 3.8) is 0 Å². The minimum atomic E-state index is 0.108. The molecular formula is C10H14N4O. The van der Waals surface area contributed by atoms with Crippen molar-refractivity contribution in [2.45, 2.75) is 0 Å². The first-order valence-electron chi connectivity index (χ1n) is 4.90. The Balaban J connectivity index is 2.14. The van der Waals surface area contributed by atoms with Crippen molar-refractivity contribution in [1.82, 2.24) is 10.2 Å². The zero-order chi connectivity index (χ0) is 10.9. The highest BCUT2D eigenvalue weighted by atomic mass is 16.5. The average Bonchev–Trinajstić information content (AvgIpc) is 2.31. The summed E-state index contributed by atoms with van der Waals surface area (Å²) in [5.41, 5.74) is 0.108. The molecule has 0 spiro atoms. The molecule has 1 aliphatic heterocycles. The summed E-state index contributed by atoms with van der Waals surface area (Å²) in [5, 5.41) is 19.9. The number of hydrogen-bond donors (Lipinski definition) is 1. The molecule has 0 aliphatic carbocycles. The van der Waals surface area contributed by atoms with Gasteiger partial charge in [-0.2, -0.15) is 10.5 Å². The van der Waals surface area contributed by atoms with Crippen molar-refractivity contribution < 1.29 is 4.74 Å². The number of morpholine rings is 1. The summed E-state index contributed by atoms with van der Waals surface area (Å²) in [6.45, 7) is 5.13. The molecule has 0 saturated carbocycles. The molecule has 0 amide bonds. The van der Waals surface area contributed by atoms with Crippen LogP contribution in [0.3, 0.4) is 0 Å². The predicted molar refractivity (Wildman–Crippen MR) is 54.6 cm³/mol. The average molecular weight is 206 g/mol. The van der Waals surface area contributed by atoms with Crippen LogP contribution in [-0.4, -0.2) is 44.3 Å². The van der Waals surface area contributed by atoms with Crippen LogP contribution in [-0.2, 0) is 4.74 Å². The molecule has 0 aromatic heterocycles. The zero-order valence-corrected chi connectivity index (χ0v) is 8.57. The van der Waals surface area contributed by atoms with Crippen LogP contribution in [0.5, 0.6) is 0 Å². The molecule has 5 nitrogen and oxygen atoms in total. The minimum absolute atomic E-state index is 0.108. The fraction of sp³-hybridized carbons (Fsp3) is 0.600. The molecule has 0 aromatic carbocycles. The molecule has 15 heavy (non-hydrogen) atoms. The third-order valence-corrected chi connectivity index (χ3v) is 2.16. The van der Waals surface area contributed by atoms with Gasteiger partial charge in [0.2, 0.25) is 0 Å². The molecule has 0 atom stereocenters. The van der Waals surface area contributed by atoms with E-state index in [4.69, 9.17) is 15.3 Å². The topological polar surface area (TPSA) is 72.1 Å². The Kier molecular flexibility index (Phi) is 5.24. The van der Waals surface area contributed by atoms with E-state index >= 15 is 0 Å². The van der Waals surface area contributed by atoms with Crippen LogP contribution in [0.15, 0.2) is 11.8 Å². The van der Waals surface area contributed by atoms with Gasteiger partial charge in [0.05, 0.1) is 13.2 Å². The summed E-state index contributed by atoms with van der Waals surface area (Å²) in [6.07, 6.45) is 1.46. The second-order valence-electron chi connectivity index (χ2n) is 3.19. The number of allylic oxidation sites excluding steroid dienone is 1. The fourth-order valence-electron chi connectivity index (χ4n) is 1.31. The maximum Gasteiger partial charge on any atom is 0.145 e. The molecule has 1 N–H and O–H groups in total. The van der Waals surface area contributed by atoms with Gasteiger partial charge < -0.3 is 10.1 Å². The van der Waals surface area contributed by atoms with Crippen LogP contribution in [0.2, 0.25) is 0 Å². The van der Waals surface area contributed by atoms with E-state index in [2.05, 4.69) is 10.2 Å². The van der Waals surface area contributed by atoms with Gasteiger partial charge in [-0.25, -0.2) is 0 Å². The SMILES string of the molecule is N#CC(C#N)=CNCCN1CCOCC1. The summed E-state index contributed by atoms with van der Waals surface area (Å²) < 4.78 is 5.22. The third-order valence-electron chi connectivity index (χ3n) is 2.16. The van der Waals surface area contributed by atoms with Crippen molar-refractivity contribution in [2.24, 2.45) is 0 Å². The van der Waals surface area contributed by atoms with Gasteiger partial charge in [-0.3, -0.25) is 4.90 Å². The lowest BCUT2D eigenvalue weighted by molar-refractivity contribution is 0.0388. The lowest BCUT2D eigenvalue weighted by atomic mass is 10.3. The summed E-state index contributed by atoms with van der Waals surface area (Å²) >= 11 is 0. The van der Waals surface area contributed by atoms with Crippen molar-refractivity contribution in [3.8, 4) is 12.1 Å². The summed E-state index contributed by atoms with van der Waals surface area (Å²) in [4.78, 5) is 2.28. The first-order chi connectivity index (χ1) is 7.36. The molecule has 1 saturated heterocycles. The van der Waals surface area contributed by atoms with Gasteiger partial charge in [-0.05, 0) is 0 Å². The predicted octanol–water partition coefficient (Wildman–Crippen LogP) is -0.161. The summed E-state index contributed by atoms with van der Waals surface area (Å²) in [6, 6.07) is 3.59. The van der Waals surface area contributed by atoms with Crippen molar-refractivity contribution in [3.05, 3.63) is 11.8 Å². The van der Waals surface area contributed by atoms with Crippen LogP contribution in [0.4, 0.5) is 0 Å². The summed E-state index contributed by atoms with van der Waals surface area (Å²) in [5.74, 6) is 0. The van der Waals surface area contributed by atoms with Gasteiger partial charge in [0.15, 0.2) is 0 Å². The highest BCUT2D eigenvalue weighted by Gasteiger charge is 2.08. The molecule has 0 bridgehead atoms. The van der Waals surface area contributed by atoms with Gasteiger partial charge in [-0.15, -0.1) is 0 Å². The van der Waals surface area contributed by atoms with Crippen molar-refractivity contribution in [1.29, 1.82) is 10.5 Å². The summed E-state index contributed by atoms with van der Waals surface area (Å²) in [7, 11) is 0. The Hall–Kier alpha value is -1.56. The van der Waals surface area contributed by atoms with E-state index < -0.39 is 0 Å². The molecule has 5 heteroatoms. The second-order valence-corrected chi connectivity index (χ2v) is 3.19. The molecule has 1 fully saturated rings. The monoisotopic (exact) mass is 206 g/mol. The Morgan fingerprint density at radius 3 is 2.60 bits per heavy atom. The molecule has 0 unspecified atom stereocenters. The minimum Gasteiger partial charge on any atom is -0.388 e. The van der Waals surface area contributed by atoms with Gasteiger partial charge >= 0.3 is 0 Å². The smallest absolute Gasteiger partial charge is 0.145 e. The first-order valence-corrected chi connectivity index (χ1v) is 4.90. The number of nitriles is 2. The maximum absolute atomic E-state index is 8.47. The van der Waals surface area contributed by atoms with E-state index in [1.165, 1.54) is 6.20 Å². The maximum atomic E-state index is 8.47. The Morgan fingerprint density at radius 1 is 1.33 bits per heavy atom. The molecular weight excluding hydrogens is 192 g/mol. The van der Waals surface area contributed by atoms with Crippen LogP contribution in [0, 0.1) is 22.7 Å². The molecule has 1 aliphatic rings. The third kappa shape index (κ3) is 4.46. The molecule has 1 rings (SSSR count). The van der Waals surface area contributed by atoms with E-state index in [1.54, 1.807) is 12.1 Å². The van der Waals surface area contributed by atoms with E-state index in [9.17, 15) is 0 Å². The normalized spacial score (nSPS) is 16.1. The number of nitrogens with one attached hydrogen (secondary N) is 1. The highest BCUT2D eigenvalue weighted by molar-refractivity contribution is 5.34. The van der Waals surface area contributed by atoms with Crippen LogP contribution >= 0.6 is 0 Å². The van der Waals surface area contributed by atoms with E-state index in [0.717, 1.165) is 39.4 Å². The lowest BCUT2D eigenvalue weighted by Gasteiger charge is -2.26. The fourth-order valence-corrected chi connectivity index (χ4v) is 1.31. The quantitative estimate of drug-likeness (QED) is 0.511. The Bertz CT molecular complexity index is 278. The van der Waals surface area contributed by atoms with Crippen LogP contribution in [0.1, 0.15) is 0 Å². The van der Waals surface area contributed by atoms with Gasteiger partial charge in [0.25, 0.3) is 0 Å². The lowest BCUT2D eigenvalue weighted by Crippen LogP contribution is -2.39. The zero-order valence-electron chi connectivity index (χ0n) is 8.57. The number of nitrogens with zero attached hydrogens (tertiary/aromatic N) is 3. The highest BCUT2D eigenvalue weighted by Crippen LogP contribution is 1.94. The van der Waals surface area contributed by atoms with Gasteiger partial charge in [-0.1, -0.05) is 0 Å². The standard InChI is InChI=1S/C10H14N4O/c11-7-10(8-12)9-13-1-2-14-3-5-15-6-4-14/h9,13H,1-6H2. The Morgan fingerprint density at radius 2 is 2.00 bits per heavy atom. The van der Waals surface area contributed by atoms with E-state index in [0.29, 0.717) is 0 Å². The van der Waals surface area contributed by atoms with E-state index in [-0.39, 0.29) is 5.57 Å². The van der Waals surface area contributed by atoms with Gasteiger partial charge in [0.1, 0.15) is 17.7 Å². The molecule has 0 radical (unpaired) electrons. The first kappa shape index (κ1) is 11.5. The number of rotatable bonds is 4. The van der Waals surface area contributed by atoms with Crippen molar-refractivity contribution >= 4 is 0 Å².